The van der Waals surface area contributed by atoms with Gasteiger partial charge in [0.1, 0.15) is 5.82 Å². The van der Waals surface area contributed by atoms with Crippen molar-refractivity contribution in [3.05, 3.63) is 63.4 Å². The topological polar surface area (TPSA) is 78.1 Å². The van der Waals surface area contributed by atoms with E-state index in [0.717, 1.165) is 42.7 Å². The van der Waals surface area contributed by atoms with Gasteiger partial charge in [0, 0.05) is 29.4 Å². The molecule has 168 valence electrons. The van der Waals surface area contributed by atoms with Crippen LogP contribution in [0.5, 0.6) is 0 Å². The molecule has 4 rings (SSSR count). The van der Waals surface area contributed by atoms with Crippen molar-refractivity contribution >= 4 is 57.8 Å². The van der Waals surface area contributed by atoms with Crippen LogP contribution in [0.1, 0.15) is 52.3 Å². The number of nitrogens with zero attached hydrogens (tertiary/aromatic N) is 2. The number of hydrogen-bond donors (Lipinski definition) is 2. The maximum absolute atomic E-state index is 13.0. The largest absolute Gasteiger partial charge is 0.341 e. The van der Waals surface area contributed by atoms with E-state index >= 15 is 0 Å². The third-order valence-corrected chi connectivity index (χ3v) is 6.97. The molecular formula is C23H24Cl2N4O2S. The van der Waals surface area contributed by atoms with Gasteiger partial charge in [-0.15, -0.1) is 0 Å². The predicted molar refractivity (Wildman–Crippen MR) is 131 cm³/mol. The van der Waals surface area contributed by atoms with Gasteiger partial charge in [-0.3, -0.25) is 9.59 Å². The maximum atomic E-state index is 13.0. The lowest BCUT2D eigenvalue weighted by molar-refractivity contribution is 0.0792. The number of likely N-dealkylation sites (tertiary alicyclic amines) is 1. The van der Waals surface area contributed by atoms with Gasteiger partial charge in [-0.25, -0.2) is 4.98 Å². The first-order valence-electron chi connectivity index (χ1n) is 10.6. The molecule has 2 aromatic carbocycles. The molecule has 2 amide bonds. The first kappa shape index (κ1) is 23.0. The van der Waals surface area contributed by atoms with Gasteiger partial charge >= 0.3 is 0 Å². The molecule has 6 nitrogen and oxygen atoms in total. The van der Waals surface area contributed by atoms with Crippen LogP contribution in [0.3, 0.4) is 0 Å². The molecule has 1 aliphatic heterocycles. The van der Waals surface area contributed by atoms with Gasteiger partial charge < -0.3 is 15.2 Å². The van der Waals surface area contributed by atoms with Gasteiger partial charge in [0.15, 0.2) is 0 Å². The lowest BCUT2D eigenvalue weighted by atomic mass is 10.1. The third kappa shape index (κ3) is 5.05. The van der Waals surface area contributed by atoms with E-state index in [1.165, 1.54) is 0 Å². The quantitative estimate of drug-likeness (QED) is 0.469. The van der Waals surface area contributed by atoms with Crippen molar-refractivity contribution in [1.82, 2.24) is 20.2 Å². The van der Waals surface area contributed by atoms with E-state index in [2.05, 4.69) is 22.2 Å². The number of fused-ring (bicyclic) bond motifs is 1. The smallest absolute Gasteiger partial charge is 0.255 e. The minimum atomic E-state index is -0.316. The van der Waals surface area contributed by atoms with E-state index in [4.69, 9.17) is 23.2 Å². The molecule has 0 bridgehead atoms. The summed E-state index contributed by atoms with van der Waals surface area (Å²) in [5.74, 6) is 1.89. The molecule has 2 N–H and O–H groups in total. The van der Waals surface area contributed by atoms with Crippen molar-refractivity contribution < 1.29 is 9.59 Å². The van der Waals surface area contributed by atoms with Gasteiger partial charge in [-0.2, -0.15) is 11.8 Å². The molecule has 1 aromatic heterocycles. The summed E-state index contributed by atoms with van der Waals surface area (Å²) in [7, 11) is 0. The number of H-pyrrole nitrogens is 1. The molecular weight excluding hydrogens is 467 g/mol. The Balaban J connectivity index is 1.53. The summed E-state index contributed by atoms with van der Waals surface area (Å²) in [5, 5.41) is 3.95. The second kappa shape index (κ2) is 10.1. The zero-order chi connectivity index (χ0) is 22.7. The van der Waals surface area contributed by atoms with Gasteiger partial charge in [0.05, 0.1) is 27.7 Å². The monoisotopic (exact) mass is 490 g/mol. The number of benzene rings is 2. The molecule has 9 heteroatoms. The molecule has 1 saturated heterocycles. The molecule has 2 heterocycles. The number of halogens is 2. The molecule has 0 saturated carbocycles. The van der Waals surface area contributed by atoms with E-state index in [9.17, 15) is 9.59 Å². The summed E-state index contributed by atoms with van der Waals surface area (Å²) in [5.41, 5.74) is 2.44. The van der Waals surface area contributed by atoms with Gasteiger partial charge in [0.25, 0.3) is 11.8 Å². The Labute approximate surface area is 201 Å². The third-order valence-electron chi connectivity index (χ3n) is 5.44. The molecule has 0 radical (unpaired) electrons. The summed E-state index contributed by atoms with van der Waals surface area (Å²) in [4.78, 5) is 35.4. The molecule has 1 aliphatic rings. The van der Waals surface area contributed by atoms with Crippen molar-refractivity contribution in [1.29, 1.82) is 0 Å². The van der Waals surface area contributed by atoms with Crippen molar-refractivity contribution in [2.75, 3.05) is 24.6 Å². The fourth-order valence-electron chi connectivity index (χ4n) is 3.75. The van der Waals surface area contributed by atoms with E-state index in [1.54, 1.807) is 40.9 Å². The van der Waals surface area contributed by atoms with E-state index in [1.807, 2.05) is 12.1 Å². The van der Waals surface area contributed by atoms with Crippen molar-refractivity contribution in [2.45, 2.75) is 25.8 Å². The zero-order valence-electron chi connectivity index (χ0n) is 17.7. The van der Waals surface area contributed by atoms with Crippen molar-refractivity contribution in [3.8, 4) is 0 Å². The van der Waals surface area contributed by atoms with Crippen LogP contribution in [0.15, 0.2) is 36.4 Å². The number of rotatable bonds is 7. The highest BCUT2D eigenvalue weighted by atomic mass is 35.5. The van der Waals surface area contributed by atoms with E-state index in [0.29, 0.717) is 27.7 Å². The lowest BCUT2D eigenvalue weighted by Gasteiger charge is -2.18. The Morgan fingerprint density at radius 1 is 1.19 bits per heavy atom. The van der Waals surface area contributed by atoms with Gasteiger partial charge in [-0.1, -0.05) is 30.1 Å². The fourth-order valence-corrected chi connectivity index (χ4v) is 4.90. The lowest BCUT2D eigenvalue weighted by Crippen LogP contribution is -2.31. The Morgan fingerprint density at radius 2 is 1.97 bits per heavy atom. The van der Waals surface area contributed by atoms with Crippen molar-refractivity contribution in [3.63, 3.8) is 0 Å². The average molecular weight is 491 g/mol. The van der Waals surface area contributed by atoms with Crippen LogP contribution in [0.4, 0.5) is 0 Å². The SMILES string of the molecule is CCSCC(NC(=O)c1ccc(C(=O)N2CCCC2)c(Cl)c1)c1nc2ccc(Cl)cc2[nH]1. The number of aromatic nitrogens is 2. The molecule has 0 aliphatic carbocycles. The van der Waals surface area contributed by atoms with Crippen LogP contribution < -0.4 is 5.32 Å². The van der Waals surface area contributed by atoms with Crippen LogP contribution in [0, 0.1) is 0 Å². The predicted octanol–water partition coefficient (Wildman–Crippen LogP) is 5.33. The number of amides is 2. The first-order valence-corrected chi connectivity index (χ1v) is 12.5. The minimum Gasteiger partial charge on any atom is -0.341 e. The Morgan fingerprint density at radius 3 is 2.69 bits per heavy atom. The van der Waals surface area contributed by atoms with Crippen LogP contribution in [-0.4, -0.2) is 51.3 Å². The van der Waals surface area contributed by atoms with Crippen LogP contribution in [0.2, 0.25) is 10.0 Å². The highest BCUT2D eigenvalue weighted by Gasteiger charge is 2.24. The number of thioether (sulfide) groups is 1. The Kier molecular flexibility index (Phi) is 7.28. The van der Waals surface area contributed by atoms with Crippen LogP contribution in [0.25, 0.3) is 11.0 Å². The molecule has 1 unspecified atom stereocenters. The molecule has 1 atom stereocenters. The average Bonchev–Trinajstić information content (AvgIpc) is 3.45. The fraction of sp³-hybridized carbons (Fsp3) is 0.348. The normalized spacial score (nSPS) is 14.7. The number of carbonyl (C=O) groups excluding carboxylic acids is 2. The summed E-state index contributed by atoms with van der Waals surface area (Å²) in [6, 6.07) is 9.97. The molecule has 1 fully saturated rings. The number of carbonyl (C=O) groups is 2. The van der Waals surface area contributed by atoms with E-state index in [-0.39, 0.29) is 22.9 Å². The van der Waals surface area contributed by atoms with Crippen molar-refractivity contribution in [2.24, 2.45) is 0 Å². The Bertz CT molecular complexity index is 1140. The zero-order valence-corrected chi connectivity index (χ0v) is 20.0. The van der Waals surface area contributed by atoms with Crippen LogP contribution >= 0.6 is 35.0 Å². The Hall–Kier alpha value is -2.22. The molecule has 32 heavy (non-hydrogen) atoms. The van der Waals surface area contributed by atoms with Crippen LogP contribution in [-0.2, 0) is 0 Å². The molecule has 0 spiro atoms. The standard InChI is InChI=1S/C23H24Cl2N4O2S/c1-2-32-13-20(21-26-18-8-6-15(24)12-19(18)27-21)28-22(30)14-5-7-16(17(25)11-14)23(31)29-9-3-4-10-29/h5-8,11-12,20H,2-4,9-10,13H2,1H3,(H,26,27)(H,28,30). The second-order valence-corrected chi connectivity index (χ2v) is 9.83. The number of hydrogen-bond acceptors (Lipinski definition) is 4. The highest BCUT2D eigenvalue weighted by Crippen LogP contribution is 2.25. The van der Waals surface area contributed by atoms with E-state index < -0.39 is 0 Å². The number of aromatic amines is 1. The summed E-state index contributed by atoms with van der Waals surface area (Å²) in [6.45, 7) is 3.56. The maximum Gasteiger partial charge on any atom is 0.255 e. The van der Waals surface area contributed by atoms with Gasteiger partial charge in [0.2, 0.25) is 0 Å². The minimum absolute atomic E-state index is 0.0855. The first-order chi connectivity index (χ1) is 15.5. The number of nitrogens with one attached hydrogen (secondary N) is 2. The second-order valence-electron chi connectivity index (χ2n) is 7.66. The highest BCUT2D eigenvalue weighted by molar-refractivity contribution is 7.99. The summed E-state index contributed by atoms with van der Waals surface area (Å²) < 4.78 is 0. The number of imidazole rings is 1. The summed E-state index contributed by atoms with van der Waals surface area (Å²) >= 11 is 14.2. The van der Waals surface area contributed by atoms with Gasteiger partial charge in [-0.05, 0) is 55.0 Å². The molecule has 3 aromatic rings. The summed E-state index contributed by atoms with van der Waals surface area (Å²) in [6.07, 6.45) is 2.02.